The summed E-state index contributed by atoms with van der Waals surface area (Å²) < 4.78 is 29.8. The fourth-order valence-electron chi connectivity index (χ4n) is 3.07. The van der Waals surface area contributed by atoms with Gasteiger partial charge in [-0.15, -0.1) is 0 Å². The van der Waals surface area contributed by atoms with E-state index < -0.39 is 33.2 Å². The molecule has 6 nitrogen and oxygen atoms in total. The van der Waals surface area contributed by atoms with Gasteiger partial charge in [0.15, 0.2) is 9.84 Å². The van der Waals surface area contributed by atoms with E-state index in [1.54, 1.807) is 12.1 Å². The van der Waals surface area contributed by atoms with Crippen LogP contribution in [0.15, 0.2) is 60.7 Å². The number of sulfone groups is 1. The van der Waals surface area contributed by atoms with Gasteiger partial charge in [-0.05, 0) is 17.7 Å². The van der Waals surface area contributed by atoms with E-state index in [-0.39, 0.29) is 0 Å². The molecule has 0 N–H and O–H groups in total. The van der Waals surface area contributed by atoms with Crippen LogP contribution in [-0.4, -0.2) is 39.1 Å². The molecule has 0 aliphatic carbocycles. The maximum Gasteiger partial charge on any atom is 0.339 e. The summed E-state index contributed by atoms with van der Waals surface area (Å²) in [5.74, 6) is -0.713. The van der Waals surface area contributed by atoms with Gasteiger partial charge < -0.3 is 4.74 Å². The zero-order chi connectivity index (χ0) is 18.0. The van der Waals surface area contributed by atoms with Gasteiger partial charge in [-0.2, -0.15) is 0 Å². The number of ether oxygens (including phenoxy) is 1. The molecule has 2 aromatic carbocycles. The summed E-state index contributed by atoms with van der Waals surface area (Å²) in [6, 6.07) is 17.6. The number of benzene rings is 2. The number of hydrogen-bond acceptors (Lipinski definition) is 6. The van der Waals surface area contributed by atoms with Crippen molar-refractivity contribution in [3.05, 3.63) is 66.2 Å². The van der Waals surface area contributed by atoms with Gasteiger partial charge in [0.2, 0.25) is 6.10 Å². The molecule has 3 rings (SSSR count). The SMILES string of the molecule is COC(=O)[C@H]1ON(c2ccccc2)C(c2ccccc2)[C@@H]1S(C)(=O)=O. The molecule has 0 amide bonds. The van der Waals surface area contributed by atoms with E-state index in [0.717, 1.165) is 11.8 Å². The molecule has 132 valence electrons. The normalized spacial score (nSPS) is 23.4. The molecule has 1 unspecified atom stereocenters. The summed E-state index contributed by atoms with van der Waals surface area (Å²) in [7, 11) is -2.40. The fraction of sp³-hybridized carbons (Fsp3) is 0.278. The number of hydrogen-bond donors (Lipinski definition) is 0. The monoisotopic (exact) mass is 361 g/mol. The van der Waals surface area contributed by atoms with Crippen LogP contribution in [0.4, 0.5) is 5.69 Å². The minimum Gasteiger partial charge on any atom is -0.467 e. The van der Waals surface area contributed by atoms with Gasteiger partial charge in [0.05, 0.1) is 12.8 Å². The number of carbonyl (C=O) groups excluding carboxylic acids is 1. The fourth-order valence-corrected chi connectivity index (χ4v) is 4.42. The van der Waals surface area contributed by atoms with Crippen LogP contribution in [0.2, 0.25) is 0 Å². The molecule has 7 heteroatoms. The van der Waals surface area contributed by atoms with Gasteiger partial charge in [0.25, 0.3) is 0 Å². The highest BCUT2D eigenvalue weighted by atomic mass is 32.2. The Labute approximate surface area is 146 Å². The van der Waals surface area contributed by atoms with Crippen molar-refractivity contribution < 1.29 is 22.8 Å². The first-order chi connectivity index (χ1) is 11.9. The summed E-state index contributed by atoms with van der Waals surface area (Å²) in [5.41, 5.74) is 1.41. The van der Waals surface area contributed by atoms with Crippen molar-refractivity contribution in [3.63, 3.8) is 0 Å². The van der Waals surface area contributed by atoms with Gasteiger partial charge in [-0.3, -0.25) is 4.84 Å². The van der Waals surface area contributed by atoms with E-state index >= 15 is 0 Å². The second-order valence-electron chi connectivity index (χ2n) is 5.86. The molecule has 1 aliphatic rings. The topological polar surface area (TPSA) is 72.9 Å². The van der Waals surface area contributed by atoms with Crippen molar-refractivity contribution >= 4 is 21.5 Å². The van der Waals surface area contributed by atoms with Crippen molar-refractivity contribution in [2.24, 2.45) is 0 Å². The number of carbonyl (C=O) groups is 1. The van der Waals surface area contributed by atoms with Gasteiger partial charge >= 0.3 is 5.97 Å². The van der Waals surface area contributed by atoms with Crippen LogP contribution in [0.5, 0.6) is 0 Å². The predicted octanol–water partition coefficient (Wildman–Crippen LogP) is 2.13. The highest BCUT2D eigenvalue weighted by Crippen LogP contribution is 2.41. The van der Waals surface area contributed by atoms with Crippen LogP contribution in [0, 0.1) is 0 Å². The number of anilines is 1. The molecule has 0 aromatic heterocycles. The molecule has 0 radical (unpaired) electrons. The zero-order valence-electron chi connectivity index (χ0n) is 13.9. The summed E-state index contributed by atoms with van der Waals surface area (Å²) in [5, 5.41) is 0.408. The van der Waals surface area contributed by atoms with E-state index in [2.05, 4.69) is 0 Å². The number of methoxy groups -OCH3 is 1. The molecule has 1 aliphatic heterocycles. The smallest absolute Gasteiger partial charge is 0.339 e. The number of para-hydroxylation sites is 1. The Bertz CT molecular complexity index is 838. The van der Waals surface area contributed by atoms with E-state index in [1.807, 2.05) is 48.5 Å². The average molecular weight is 361 g/mol. The first-order valence-corrected chi connectivity index (χ1v) is 9.71. The van der Waals surface area contributed by atoms with E-state index in [4.69, 9.17) is 9.57 Å². The van der Waals surface area contributed by atoms with Crippen LogP contribution < -0.4 is 5.06 Å². The molecule has 1 saturated heterocycles. The number of nitrogens with zero attached hydrogens (tertiary/aromatic N) is 1. The van der Waals surface area contributed by atoms with Crippen molar-refractivity contribution in [1.29, 1.82) is 0 Å². The van der Waals surface area contributed by atoms with E-state index in [0.29, 0.717) is 5.69 Å². The molecule has 1 heterocycles. The quantitative estimate of drug-likeness (QED) is 0.777. The molecular weight excluding hydrogens is 342 g/mol. The minimum absolute atomic E-state index is 0.663. The summed E-state index contributed by atoms with van der Waals surface area (Å²) >= 11 is 0. The zero-order valence-corrected chi connectivity index (χ0v) is 14.7. The molecule has 1 fully saturated rings. The predicted molar refractivity (Wildman–Crippen MR) is 93.6 cm³/mol. The Morgan fingerprint density at radius 2 is 1.60 bits per heavy atom. The first-order valence-electron chi connectivity index (χ1n) is 7.76. The lowest BCUT2D eigenvalue weighted by Gasteiger charge is -2.26. The Kier molecular flexibility index (Phi) is 4.78. The van der Waals surface area contributed by atoms with Gasteiger partial charge in [0, 0.05) is 6.26 Å². The second kappa shape index (κ2) is 6.85. The second-order valence-corrected chi connectivity index (χ2v) is 8.06. The van der Waals surface area contributed by atoms with Crippen LogP contribution >= 0.6 is 0 Å². The van der Waals surface area contributed by atoms with Crippen LogP contribution in [0.25, 0.3) is 0 Å². The third-order valence-electron chi connectivity index (χ3n) is 4.17. The Morgan fingerprint density at radius 1 is 1.04 bits per heavy atom. The largest absolute Gasteiger partial charge is 0.467 e. The lowest BCUT2D eigenvalue weighted by molar-refractivity contribution is -0.151. The van der Waals surface area contributed by atoms with Crippen LogP contribution in [0.3, 0.4) is 0 Å². The molecule has 0 spiro atoms. The third kappa shape index (κ3) is 3.38. The van der Waals surface area contributed by atoms with Crippen LogP contribution in [0.1, 0.15) is 11.6 Å². The first kappa shape index (κ1) is 17.4. The Balaban J connectivity index is 2.15. The molecule has 3 atom stereocenters. The minimum atomic E-state index is -3.61. The highest BCUT2D eigenvalue weighted by molar-refractivity contribution is 7.91. The molecule has 25 heavy (non-hydrogen) atoms. The Morgan fingerprint density at radius 3 is 2.12 bits per heavy atom. The average Bonchev–Trinajstić information content (AvgIpc) is 3.03. The van der Waals surface area contributed by atoms with Crippen LogP contribution in [-0.2, 0) is 24.2 Å². The maximum atomic E-state index is 12.5. The lowest BCUT2D eigenvalue weighted by atomic mass is 10.0. The standard InChI is InChI=1S/C18H19NO5S/c1-23-18(20)16-17(25(2,21)22)15(13-9-5-3-6-10-13)19(24-16)14-11-7-4-8-12-14/h3-12,15-17H,1-2H3/t15?,16-,17-/m0/s1. The van der Waals surface area contributed by atoms with Gasteiger partial charge in [-0.1, -0.05) is 48.5 Å². The molecule has 0 bridgehead atoms. The van der Waals surface area contributed by atoms with Crippen molar-refractivity contribution in [3.8, 4) is 0 Å². The Hall–Kier alpha value is -2.38. The van der Waals surface area contributed by atoms with Crippen molar-refractivity contribution in [1.82, 2.24) is 0 Å². The molecule has 0 saturated carbocycles. The molecule has 2 aromatic rings. The van der Waals surface area contributed by atoms with E-state index in [1.165, 1.54) is 12.2 Å². The number of esters is 1. The number of rotatable bonds is 4. The summed E-state index contributed by atoms with van der Waals surface area (Å²) in [4.78, 5) is 18.0. The van der Waals surface area contributed by atoms with E-state index in [9.17, 15) is 13.2 Å². The number of hydroxylamine groups is 1. The van der Waals surface area contributed by atoms with Crippen molar-refractivity contribution in [2.45, 2.75) is 17.4 Å². The maximum absolute atomic E-state index is 12.5. The highest BCUT2D eigenvalue weighted by Gasteiger charge is 2.53. The van der Waals surface area contributed by atoms with Gasteiger partial charge in [0.1, 0.15) is 11.3 Å². The third-order valence-corrected chi connectivity index (χ3v) is 5.66. The van der Waals surface area contributed by atoms with Crippen molar-refractivity contribution in [2.75, 3.05) is 18.4 Å². The summed E-state index contributed by atoms with van der Waals surface area (Å²) in [6.07, 6.45) is -0.119. The lowest BCUT2D eigenvalue weighted by Crippen LogP contribution is -2.39. The molecular formula is C18H19NO5S. The van der Waals surface area contributed by atoms with Gasteiger partial charge in [-0.25, -0.2) is 18.3 Å². The summed E-state index contributed by atoms with van der Waals surface area (Å²) in [6.45, 7) is 0.